The zero-order chi connectivity index (χ0) is 17.1. The van der Waals surface area contributed by atoms with E-state index < -0.39 is 25.1 Å². The number of benzene rings is 1. The molecule has 2 aliphatic heterocycles. The molecular formula is C16H21BN2O5. The lowest BCUT2D eigenvalue weighted by molar-refractivity contribution is -0.139. The molecule has 0 aliphatic carbocycles. The molecule has 3 rings (SSSR count). The Morgan fingerprint density at radius 3 is 2.75 bits per heavy atom. The molecule has 1 fully saturated rings. The molecule has 3 unspecified atom stereocenters. The minimum atomic E-state index is -1.18. The highest BCUT2D eigenvalue weighted by molar-refractivity contribution is 6.45. The number of carboxylic acids is 1. The van der Waals surface area contributed by atoms with E-state index in [1.165, 1.54) is 5.56 Å². The van der Waals surface area contributed by atoms with Gasteiger partial charge in [-0.05, 0) is 30.4 Å². The van der Waals surface area contributed by atoms with Crippen LogP contribution >= 0.6 is 0 Å². The molecule has 0 bridgehead atoms. The average Bonchev–Trinajstić information content (AvgIpc) is 2.56. The highest BCUT2D eigenvalue weighted by Gasteiger charge is 2.38. The summed E-state index contributed by atoms with van der Waals surface area (Å²) < 4.78 is 5.29. The van der Waals surface area contributed by atoms with Crippen molar-refractivity contribution in [3.05, 3.63) is 35.4 Å². The summed E-state index contributed by atoms with van der Waals surface area (Å²) in [6, 6.07) is 7.65. The van der Waals surface area contributed by atoms with Crippen molar-refractivity contribution in [1.82, 2.24) is 10.6 Å². The molecule has 0 aromatic heterocycles. The van der Waals surface area contributed by atoms with Gasteiger partial charge in [0.15, 0.2) is 0 Å². The highest BCUT2D eigenvalue weighted by Crippen LogP contribution is 2.20. The second kappa shape index (κ2) is 7.33. The Kier molecular flexibility index (Phi) is 5.18. The van der Waals surface area contributed by atoms with E-state index in [-0.39, 0.29) is 18.4 Å². The van der Waals surface area contributed by atoms with E-state index in [2.05, 4.69) is 10.6 Å². The van der Waals surface area contributed by atoms with Gasteiger partial charge in [-0.1, -0.05) is 24.3 Å². The SMILES string of the molecule is O=C(O)CC1CCC(NC(=O)C2Cc3ccccc3CN2)B(O)O1. The van der Waals surface area contributed by atoms with Crippen LogP contribution in [0, 0.1) is 0 Å². The van der Waals surface area contributed by atoms with Gasteiger partial charge in [0.2, 0.25) is 5.91 Å². The largest absolute Gasteiger partial charge is 0.481 e. The van der Waals surface area contributed by atoms with Crippen molar-refractivity contribution in [1.29, 1.82) is 0 Å². The van der Waals surface area contributed by atoms with Crippen LogP contribution in [0.15, 0.2) is 24.3 Å². The van der Waals surface area contributed by atoms with E-state index >= 15 is 0 Å². The standard InChI is InChI=1S/C16H21BN2O5/c20-15(21)8-12-5-6-14(17(23)24-12)19-16(22)13-7-10-3-1-2-4-11(10)9-18-13/h1-4,12-14,18,23H,5-9H2,(H,19,22)(H,20,21). The first kappa shape index (κ1) is 16.9. The highest BCUT2D eigenvalue weighted by atomic mass is 16.5. The first-order chi connectivity index (χ1) is 11.5. The smallest absolute Gasteiger partial charge is 0.478 e. The quantitative estimate of drug-likeness (QED) is 0.572. The fourth-order valence-corrected chi connectivity index (χ4v) is 3.28. The van der Waals surface area contributed by atoms with Crippen molar-refractivity contribution in [2.24, 2.45) is 0 Å². The number of carbonyl (C=O) groups excluding carboxylic acids is 1. The summed E-state index contributed by atoms with van der Waals surface area (Å²) in [5.74, 6) is -1.64. The maximum Gasteiger partial charge on any atom is 0.478 e. The van der Waals surface area contributed by atoms with Gasteiger partial charge >= 0.3 is 13.1 Å². The lowest BCUT2D eigenvalue weighted by atomic mass is 9.72. The molecule has 1 aromatic carbocycles. The average molecular weight is 332 g/mol. The molecule has 1 amide bonds. The number of rotatable bonds is 4. The van der Waals surface area contributed by atoms with Crippen molar-refractivity contribution in [3.8, 4) is 0 Å². The molecule has 24 heavy (non-hydrogen) atoms. The number of carboxylic acid groups (broad SMARTS) is 1. The molecule has 4 N–H and O–H groups in total. The van der Waals surface area contributed by atoms with E-state index in [1.54, 1.807) is 0 Å². The molecule has 1 saturated heterocycles. The lowest BCUT2D eigenvalue weighted by Crippen LogP contribution is -2.57. The van der Waals surface area contributed by atoms with Gasteiger partial charge in [-0.15, -0.1) is 0 Å². The van der Waals surface area contributed by atoms with Crippen LogP contribution in [0.4, 0.5) is 0 Å². The van der Waals surface area contributed by atoms with Crippen LogP contribution in [-0.4, -0.2) is 47.2 Å². The van der Waals surface area contributed by atoms with Gasteiger partial charge in [0.05, 0.1) is 24.5 Å². The van der Waals surface area contributed by atoms with Crippen molar-refractivity contribution in [2.75, 3.05) is 0 Å². The molecule has 2 heterocycles. The van der Waals surface area contributed by atoms with Gasteiger partial charge in [-0.2, -0.15) is 0 Å². The molecule has 8 heteroatoms. The fraction of sp³-hybridized carbons (Fsp3) is 0.500. The molecule has 1 aromatic rings. The van der Waals surface area contributed by atoms with Crippen molar-refractivity contribution >= 4 is 19.0 Å². The first-order valence-corrected chi connectivity index (χ1v) is 8.19. The summed E-state index contributed by atoms with van der Waals surface area (Å²) in [6.07, 6.45) is 0.945. The third kappa shape index (κ3) is 3.95. The predicted octanol–water partition coefficient (Wildman–Crippen LogP) is -0.141. The molecule has 2 aliphatic rings. The zero-order valence-corrected chi connectivity index (χ0v) is 13.3. The number of hydrogen-bond acceptors (Lipinski definition) is 5. The monoisotopic (exact) mass is 332 g/mol. The Morgan fingerprint density at radius 2 is 2.04 bits per heavy atom. The number of amides is 1. The van der Waals surface area contributed by atoms with Gasteiger partial charge in [0.25, 0.3) is 0 Å². The lowest BCUT2D eigenvalue weighted by Gasteiger charge is -2.33. The van der Waals surface area contributed by atoms with Crippen LogP contribution in [0.5, 0.6) is 0 Å². The van der Waals surface area contributed by atoms with E-state index in [0.717, 1.165) is 5.56 Å². The Labute approximate surface area is 140 Å². The number of nitrogens with one attached hydrogen (secondary N) is 2. The summed E-state index contributed by atoms with van der Waals surface area (Å²) in [6.45, 7) is 0.638. The fourth-order valence-electron chi connectivity index (χ4n) is 3.28. The third-order valence-electron chi connectivity index (χ3n) is 4.60. The topological polar surface area (TPSA) is 108 Å². The molecule has 128 valence electrons. The zero-order valence-electron chi connectivity index (χ0n) is 13.3. The Bertz CT molecular complexity index is 626. The number of aliphatic carboxylic acids is 1. The van der Waals surface area contributed by atoms with Gasteiger partial charge in [0, 0.05) is 6.54 Å². The van der Waals surface area contributed by atoms with Gasteiger partial charge < -0.3 is 25.4 Å². The summed E-state index contributed by atoms with van der Waals surface area (Å²) >= 11 is 0. The minimum Gasteiger partial charge on any atom is -0.481 e. The van der Waals surface area contributed by atoms with Crippen molar-refractivity contribution < 1.29 is 24.4 Å². The predicted molar refractivity (Wildman–Crippen MR) is 87.0 cm³/mol. The molecule has 0 saturated carbocycles. The summed E-state index contributed by atoms with van der Waals surface area (Å²) in [5.41, 5.74) is 2.34. The van der Waals surface area contributed by atoms with Crippen LogP contribution in [0.2, 0.25) is 0 Å². The van der Waals surface area contributed by atoms with Crippen LogP contribution < -0.4 is 10.6 Å². The molecule has 0 radical (unpaired) electrons. The van der Waals surface area contributed by atoms with Crippen LogP contribution in [0.3, 0.4) is 0 Å². The molecular weight excluding hydrogens is 311 g/mol. The first-order valence-electron chi connectivity index (χ1n) is 8.19. The van der Waals surface area contributed by atoms with Gasteiger partial charge in [0.1, 0.15) is 0 Å². The number of fused-ring (bicyclic) bond motifs is 1. The normalized spacial score (nSPS) is 26.5. The number of hydrogen-bond donors (Lipinski definition) is 4. The van der Waals surface area contributed by atoms with Gasteiger partial charge in [-0.25, -0.2) is 0 Å². The van der Waals surface area contributed by atoms with Gasteiger partial charge in [-0.3, -0.25) is 9.59 Å². The summed E-state index contributed by atoms with van der Waals surface area (Å²) in [5, 5.41) is 24.8. The number of carbonyl (C=O) groups is 2. The van der Waals surface area contributed by atoms with Crippen molar-refractivity contribution in [2.45, 2.75) is 50.3 Å². The van der Waals surface area contributed by atoms with E-state index in [4.69, 9.17) is 9.76 Å². The molecule has 7 nitrogen and oxygen atoms in total. The Balaban J connectivity index is 1.53. The van der Waals surface area contributed by atoms with Crippen LogP contribution in [0.25, 0.3) is 0 Å². The third-order valence-corrected chi connectivity index (χ3v) is 4.60. The molecule has 0 spiro atoms. The van der Waals surface area contributed by atoms with E-state index in [0.29, 0.717) is 25.8 Å². The summed E-state index contributed by atoms with van der Waals surface area (Å²) in [4.78, 5) is 23.1. The maximum absolute atomic E-state index is 12.4. The maximum atomic E-state index is 12.4. The van der Waals surface area contributed by atoms with E-state index in [1.807, 2.05) is 24.3 Å². The van der Waals surface area contributed by atoms with Crippen LogP contribution in [-0.2, 0) is 27.2 Å². The molecule has 3 atom stereocenters. The van der Waals surface area contributed by atoms with E-state index in [9.17, 15) is 14.6 Å². The minimum absolute atomic E-state index is 0.140. The Morgan fingerprint density at radius 1 is 1.29 bits per heavy atom. The second-order valence-corrected chi connectivity index (χ2v) is 6.35. The van der Waals surface area contributed by atoms with Crippen molar-refractivity contribution in [3.63, 3.8) is 0 Å². The summed E-state index contributed by atoms with van der Waals surface area (Å²) in [7, 11) is -1.18. The Hall–Kier alpha value is -1.90. The second-order valence-electron chi connectivity index (χ2n) is 6.35. The van der Waals surface area contributed by atoms with Crippen LogP contribution in [0.1, 0.15) is 30.4 Å².